The normalized spacial score (nSPS) is 15.9. The molecule has 0 aliphatic carbocycles. The molecule has 1 atom stereocenters. The van der Waals surface area contributed by atoms with E-state index in [4.69, 9.17) is 4.74 Å². The van der Waals surface area contributed by atoms with E-state index in [-0.39, 0.29) is 18.2 Å². The summed E-state index contributed by atoms with van der Waals surface area (Å²) in [7, 11) is 3.36. The Hall–Kier alpha value is -2.47. The summed E-state index contributed by atoms with van der Waals surface area (Å²) in [5, 5.41) is 2.46. The van der Waals surface area contributed by atoms with Gasteiger partial charge in [0.2, 0.25) is 11.8 Å². The molecule has 5 nitrogen and oxygen atoms in total. The highest BCUT2D eigenvalue weighted by Crippen LogP contribution is 2.36. The van der Waals surface area contributed by atoms with Crippen molar-refractivity contribution >= 4 is 29.3 Å². The number of hydrogen-bond acceptors (Lipinski definition) is 4. The van der Waals surface area contributed by atoms with Crippen molar-refractivity contribution in [2.45, 2.75) is 23.1 Å². The number of fused-ring (bicyclic) bond motifs is 1. The Morgan fingerprint density at radius 1 is 1.20 bits per heavy atom. The van der Waals surface area contributed by atoms with Gasteiger partial charge in [0.25, 0.3) is 0 Å². The summed E-state index contributed by atoms with van der Waals surface area (Å²) in [6.07, 6.45) is 0.163. The third kappa shape index (κ3) is 3.96. The molecule has 0 spiro atoms. The molecule has 0 radical (unpaired) electrons. The number of nitrogens with one attached hydrogen (secondary N) is 1. The third-order valence-electron chi connectivity index (χ3n) is 4.09. The minimum atomic E-state index is -0.414. The molecule has 2 aromatic rings. The molecule has 1 aliphatic rings. The first kappa shape index (κ1) is 17.4. The number of thioether (sulfide) groups is 1. The van der Waals surface area contributed by atoms with Gasteiger partial charge >= 0.3 is 0 Å². The molecule has 2 amide bonds. The largest absolute Gasteiger partial charge is 0.496 e. The molecule has 1 aliphatic heterocycles. The summed E-state index contributed by atoms with van der Waals surface area (Å²) in [6.45, 7) is 0.443. The fourth-order valence-electron chi connectivity index (χ4n) is 2.72. The van der Waals surface area contributed by atoms with Crippen LogP contribution in [0.25, 0.3) is 0 Å². The zero-order chi connectivity index (χ0) is 17.8. The topological polar surface area (TPSA) is 58.6 Å². The van der Waals surface area contributed by atoms with Crippen LogP contribution in [-0.4, -0.2) is 36.1 Å². The summed E-state index contributed by atoms with van der Waals surface area (Å²) < 4.78 is 5.33. The second-order valence-electron chi connectivity index (χ2n) is 5.86. The number of methoxy groups -OCH3 is 1. The Morgan fingerprint density at radius 3 is 2.72 bits per heavy atom. The Balaban J connectivity index is 1.65. The van der Waals surface area contributed by atoms with Crippen LogP contribution in [0.15, 0.2) is 53.4 Å². The van der Waals surface area contributed by atoms with Crippen LogP contribution >= 0.6 is 11.8 Å². The summed E-state index contributed by atoms with van der Waals surface area (Å²) in [5.41, 5.74) is 1.75. The number of para-hydroxylation sites is 2. The lowest BCUT2D eigenvalue weighted by molar-refractivity contribution is -0.131. The van der Waals surface area contributed by atoms with Gasteiger partial charge in [-0.3, -0.25) is 9.59 Å². The number of rotatable bonds is 5. The maximum absolute atomic E-state index is 12.6. The Bertz CT molecular complexity index is 794. The van der Waals surface area contributed by atoms with E-state index in [0.29, 0.717) is 6.54 Å². The molecule has 130 valence electrons. The van der Waals surface area contributed by atoms with E-state index in [0.717, 1.165) is 21.9 Å². The molecule has 0 bridgehead atoms. The molecule has 0 saturated heterocycles. The van der Waals surface area contributed by atoms with Crippen molar-refractivity contribution in [3.05, 3.63) is 54.1 Å². The van der Waals surface area contributed by atoms with Crippen LogP contribution in [0.5, 0.6) is 5.75 Å². The van der Waals surface area contributed by atoms with E-state index >= 15 is 0 Å². The van der Waals surface area contributed by atoms with Crippen molar-refractivity contribution in [2.75, 3.05) is 19.5 Å². The quantitative estimate of drug-likeness (QED) is 0.894. The highest BCUT2D eigenvalue weighted by atomic mass is 32.2. The summed E-state index contributed by atoms with van der Waals surface area (Å²) in [4.78, 5) is 27.4. The Labute approximate surface area is 151 Å². The average Bonchev–Trinajstić information content (AvgIpc) is 2.62. The smallest absolute Gasteiger partial charge is 0.238 e. The summed E-state index contributed by atoms with van der Waals surface area (Å²) >= 11 is 1.44. The van der Waals surface area contributed by atoms with Gasteiger partial charge in [0, 0.05) is 30.5 Å². The van der Waals surface area contributed by atoms with Crippen LogP contribution in [0.3, 0.4) is 0 Å². The van der Waals surface area contributed by atoms with E-state index in [9.17, 15) is 9.59 Å². The van der Waals surface area contributed by atoms with Crippen LogP contribution in [0.4, 0.5) is 5.69 Å². The number of benzene rings is 2. The van der Waals surface area contributed by atoms with Crippen molar-refractivity contribution in [3.63, 3.8) is 0 Å². The number of nitrogens with zero attached hydrogens (tertiary/aromatic N) is 1. The third-order valence-corrected chi connectivity index (χ3v) is 5.37. The van der Waals surface area contributed by atoms with Gasteiger partial charge in [0.1, 0.15) is 5.75 Å². The second-order valence-corrected chi connectivity index (χ2v) is 7.10. The van der Waals surface area contributed by atoms with Crippen LogP contribution in [0, 0.1) is 0 Å². The highest BCUT2D eigenvalue weighted by Gasteiger charge is 2.29. The lowest BCUT2D eigenvalue weighted by atomic mass is 10.1. The molecule has 0 aromatic heterocycles. The first-order chi connectivity index (χ1) is 12.1. The highest BCUT2D eigenvalue weighted by molar-refractivity contribution is 8.01. The molecule has 0 unspecified atom stereocenters. The van der Waals surface area contributed by atoms with Crippen molar-refractivity contribution in [1.82, 2.24) is 4.90 Å². The SMILES string of the molecule is COc1ccccc1CN(C)C(=O)C[C@H]1Sc2ccccc2NC1=O. The maximum Gasteiger partial charge on any atom is 0.238 e. The molecule has 2 aromatic carbocycles. The second kappa shape index (κ2) is 7.61. The molecule has 0 fully saturated rings. The van der Waals surface area contributed by atoms with Gasteiger partial charge in [-0.15, -0.1) is 11.8 Å². The number of anilines is 1. The van der Waals surface area contributed by atoms with E-state index < -0.39 is 5.25 Å². The monoisotopic (exact) mass is 356 g/mol. The molecule has 3 rings (SSSR count). The van der Waals surface area contributed by atoms with Gasteiger partial charge in [0.05, 0.1) is 18.0 Å². The fraction of sp³-hybridized carbons (Fsp3) is 0.263. The summed E-state index contributed by atoms with van der Waals surface area (Å²) in [5.74, 6) is 0.557. The maximum atomic E-state index is 12.6. The van der Waals surface area contributed by atoms with Crippen LogP contribution in [0.2, 0.25) is 0 Å². The standard InChI is InChI=1S/C19H20N2O3S/c1-21(12-13-7-3-5-9-15(13)24-2)18(22)11-17-19(23)20-14-8-4-6-10-16(14)25-17/h3-10,17H,11-12H2,1-2H3,(H,20,23)/t17-/m1/s1. The van der Waals surface area contributed by atoms with Crippen LogP contribution in [0.1, 0.15) is 12.0 Å². The van der Waals surface area contributed by atoms with Crippen molar-refractivity contribution < 1.29 is 14.3 Å². The minimum Gasteiger partial charge on any atom is -0.496 e. The zero-order valence-corrected chi connectivity index (χ0v) is 15.0. The van der Waals surface area contributed by atoms with Crippen LogP contribution in [-0.2, 0) is 16.1 Å². The molecule has 0 saturated carbocycles. The van der Waals surface area contributed by atoms with Gasteiger partial charge in [0.15, 0.2) is 0 Å². The molecule has 1 heterocycles. The van der Waals surface area contributed by atoms with Gasteiger partial charge in [-0.2, -0.15) is 0 Å². The number of ether oxygens (including phenoxy) is 1. The van der Waals surface area contributed by atoms with Gasteiger partial charge < -0.3 is 15.0 Å². The lowest BCUT2D eigenvalue weighted by Gasteiger charge is -2.25. The number of hydrogen-bond donors (Lipinski definition) is 1. The molecule has 1 N–H and O–H groups in total. The van der Waals surface area contributed by atoms with Crippen LogP contribution < -0.4 is 10.1 Å². The Morgan fingerprint density at radius 2 is 1.92 bits per heavy atom. The van der Waals surface area contributed by atoms with E-state index in [1.807, 2.05) is 48.5 Å². The fourth-order valence-corrected chi connectivity index (χ4v) is 3.82. The van der Waals surface area contributed by atoms with Crippen molar-refractivity contribution in [3.8, 4) is 5.75 Å². The van der Waals surface area contributed by atoms with E-state index in [1.165, 1.54) is 11.8 Å². The van der Waals surface area contributed by atoms with E-state index in [2.05, 4.69) is 5.32 Å². The molecule has 6 heteroatoms. The first-order valence-electron chi connectivity index (χ1n) is 8.01. The van der Waals surface area contributed by atoms with Crippen molar-refractivity contribution in [1.29, 1.82) is 0 Å². The average molecular weight is 356 g/mol. The molecular formula is C19H20N2O3S. The number of amides is 2. The number of carbonyl (C=O) groups is 2. The Kier molecular flexibility index (Phi) is 5.28. The predicted molar refractivity (Wildman–Crippen MR) is 98.8 cm³/mol. The molecular weight excluding hydrogens is 336 g/mol. The van der Waals surface area contributed by atoms with Crippen molar-refractivity contribution in [2.24, 2.45) is 0 Å². The summed E-state index contributed by atoms with van der Waals surface area (Å²) in [6, 6.07) is 15.2. The van der Waals surface area contributed by atoms with Gasteiger partial charge in [-0.05, 0) is 18.2 Å². The molecule has 25 heavy (non-hydrogen) atoms. The predicted octanol–water partition coefficient (Wildman–Crippen LogP) is 3.16. The minimum absolute atomic E-state index is 0.0714. The zero-order valence-electron chi connectivity index (χ0n) is 14.2. The van der Waals surface area contributed by atoms with E-state index in [1.54, 1.807) is 19.1 Å². The first-order valence-corrected chi connectivity index (χ1v) is 8.89. The van der Waals surface area contributed by atoms with Gasteiger partial charge in [-0.25, -0.2) is 0 Å². The lowest BCUT2D eigenvalue weighted by Crippen LogP contribution is -2.35. The van der Waals surface area contributed by atoms with Gasteiger partial charge in [-0.1, -0.05) is 30.3 Å². The number of carbonyl (C=O) groups excluding carboxylic acids is 2.